The van der Waals surface area contributed by atoms with Crippen LogP contribution in [-0.2, 0) is 0 Å². The van der Waals surface area contributed by atoms with Crippen molar-refractivity contribution in [3.63, 3.8) is 0 Å². The predicted molar refractivity (Wildman–Crippen MR) is 52.8 cm³/mol. The summed E-state index contributed by atoms with van der Waals surface area (Å²) < 4.78 is 39.4. The van der Waals surface area contributed by atoms with Gasteiger partial charge in [-0.15, -0.1) is 13.2 Å². The molecule has 0 radical (unpaired) electrons. The molecule has 14 heavy (non-hydrogen) atoms. The number of anilines is 1. The van der Waals surface area contributed by atoms with E-state index in [1.165, 1.54) is 6.07 Å². The van der Waals surface area contributed by atoms with Crippen molar-refractivity contribution in [2.24, 2.45) is 0 Å². The monoisotopic (exact) mass is 318 g/mol. The van der Waals surface area contributed by atoms with Crippen LogP contribution in [0.2, 0.25) is 0 Å². The molecule has 7 heteroatoms. The molecule has 0 atom stereocenters. The lowest BCUT2D eigenvalue weighted by molar-refractivity contribution is -0.275. The highest BCUT2D eigenvalue weighted by Gasteiger charge is 2.32. The molecule has 0 unspecified atom stereocenters. The van der Waals surface area contributed by atoms with E-state index in [0.717, 1.165) is 0 Å². The molecule has 78 valence electrons. The van der Waals surface area contributed by atoms with Gasteiger partial charge in [-0.25, -0.2) is 4.98 Å². The van der Waals surface area contributed by atoms with Crippen molar-refractivity contribution in [1.82, 2.24) is 4.98 Å². The van der Waals surface area contributed by atoms with Crippen LogP contribution in [0.5, 0.6) is 5.75 Å². The topological polar surface area (TPSA) is 48.1 Å². The number of pyridine rings is 1. The minimum atomic E-state index is -4.70. The van der Waals surface area contributed by atoms with Gasteiger partial charge in [-0.2, -0.15) is 0 Å². The van der Waals surface area contributed by atoms with Gasteiger partial charge in [-0.05, 0) is 41.1 Å². The maximum absolute atomic E-state index is 11.9. The zero-order valence-electron chi connectivity index (χ0n) is 7.02. The van der Waals surface area contributed by atoms with E-state index in [2.05, 4.69) is 9.72 Å². The maximum Gasteiger partial charge on any atom is 0.573 e. The van der Waals surface area contributed by atoms with Gasteiger partial charge in [-0.1, -0.05) is 0 Å². The van der Waals surface area contributed by atoms with Crippen molar-refractivity contribution >= 4 is 28.4 Å². The van der Waals surface area contributed by atoms with Crippen molar-refractivity contribution in [3.8, 4) is 5.75 Å². The Morgan fingerprint density at radius 1 is 1.50 bits per heavy atom. The molecule has 1 aromatic rings. The van der Waals surface area contributed by atoms with Gasteiger partial charge in [0.25, 0.3) is 0 Å². The second kappa shape index (κ2) is 3.79. The van der Waals surface area contributed by atoms with Gasteiger partial charge < -0.3 is 10.5 Å². The molecule has 0 spiro atoms. The first-order valence-corrected chi connectivity index (χ1v) is 4.56. The largest absolute Gasteiger partial charge is 0.573 e. The van der Waals surface area contributed by atoms with E-state index in [4.69, 9.17) is 5.73 Å². The number of aryl methyl sites for hydroxylation is 1. The second-order valence-electron chi connectivity index (χ2n) is 2.53. The van der Waals surface area contributed by atoms with Crippen molar-refractivity contribution in [2.75, 3.05) is 5.73 Å². The summed E-state index contributed by atoms with van der Waals surface area (Å²) in [5.41, 5.74) is 5.85. The summed E-state index contributed by atoms with van der Waals surface area (Å²) in [7, 11) is 0. The van der Waals surface area contributed by atoms with Gasteiger partial charge in [-0.3, -0.25) is 0 Å². The van der Waals surface area contributed by atoms with Gasteiger partial charge in [0.15, 0.2) is 5.75 Å². The molecule has 0 aliphatic carbocycles. The maximum atomic E-state index is 11.9. The van der Waals surface area contributed by atoms with Gasteiger partial charge in [0.2, 0.25) is 0 Å². The van der Waals surface area contributed by atoms with Crippen LogP contribution in [0.1, 0.15) is 5.56 Å². The first-order valence-electron chi connectivity index (χ1n) is 3.48. The minimum absolute atomic E-state index is 0.0861. The molecule has 0 amide bonds. The predicted octanol–water partition coefficient (Wildman–Crippen LogP) is 2.48. The Balaban J connectivity index is 3.04. The number of ether oxygens (including phenoxy) is 1. The average molecular weight is 318 g/mol. The molecular weight excluding hydrogens is 312 g/mol. The van der Waals surface area contributed by atoms with Crippen LogP contribution in [0.25, 0.3) is 0 Å². The Bertz CT molecular complexity index is 354. The summed E-state index contributed by atoms with van der Waals surface area (Å²) >= 11 is 1.63. The summed E-state index contributed by atoms with van der Waals surface area (Å²) in [5.74, 6) is -0.131. The molecule has 0 saturated carbocycles. The van der Waals surface area contributed by atoms with E-state index >= 15 is 0 Å². The molecule has 0 fully saturated rings. The summed E-state index contributed by atoms with van der Waals surface area (Å²) in [6, 6.07) is 1.21. The smallest absolute Gasteiger partial charge is 0.403 e. The van der Waals surface area contributed by atoms with Gasteiger partial charge in [0.05, 0.1) is 0 Å². The first kappa shape index (κ1) is 11.3. The van der Waals surface area contributed by atoms with Crippen LogP contribution in [0.3, 0.4) is 0 Å². The molecule has 0 aliphatic heterocycles. The lowest BCUT2D eigenvalue weighted by Gasteiger charge is -2.11. The van der Waals surface area contributed by atoms with Gasteiger partial charge >= 0.3 is 6.36 Å². The Labute approximate surface area is 91.6 Å². The molecule has 1 heterocycles. The van der Waals surface area contributed by atoms with Gasteiger partial charge in [0.1, 0.15) is 9.52 Å². The highest BCUT2D eigenvalue weighted by atomic mass is 127. The van der Waals surface area contributed by atoms with E-state index in [1.54, 1.807) is 29.5 Å². The zero-order chi connectivity index (χ0) is 10.9. The molecule has 1 aromatic heterocycles. The Kier molecular flexibility index (Phi) is 3.07. The SMILES string of the molecule is Cc1cc(OC(F)(F)F)c(I)nc1N. The van der Waals surface area contributed by atoms with E-state index in [0.29, 0.717) is 5.56 Å². The molecule has 2 N–H and O–H groups in total. The van der Waals surface area contributed by atoms with E-state index in [-0.39, 0.29) is 15.3 Å². The number of nitrogens with two attached hydrogens (primary N) is 1. The number of hydrogen-bond donors (Lipinski definition) is 1. The van der Waals surface area contributed by atoms with E-state index in [9.17, 15) is 13.2 Å². The van der Waals surface area contributed by atoms with Crippen molar-refractivity contribution in [1.29, 1.82) is 0 Å². The summed E-state index contributed by atoms with van der Waals surface area (Å²) in [4.78, 5) is 3.70. The van der Waals surface area contributed by atoms with Gasteiger partial charge in [0, 0.05) is 0 Å². The number of hydrogen-bond acceptors (Lipinski definition) is 3. The number of alkyl halides is 3. The Hall–Kier alpha value is -0.730. The molecule has 1 rings (SSSR count). The summed E-state index contributed by atoms with van der Waals surface area (Å²) in [6.07, 6.45) is -4.70. The third-order valence-electron chi connectivity index (χ3n) is 1.40. The van der Waals surface area contributed by atoms with Crippen LogP contribution >= 0.6 is 22.6 Å². The number of nitrogen functional groups attached to an aromatic ring is 1. The molecule has 0 bridgehead atoms. The fraction of sp³-hybridized carbons (Fsp3) is 0.286. The standard InChI is InChI=1S/C7H6F3IN2O/c1-3-2-4(14-7(8,9)10)5(11)13-6(3)12/h2H,1H3,(H2,12,13). The van der Waals surface area contributed by atoms with Crippen molar-refractivity contribution < 1.29 is 17.9 Å². The Morgan fingerprint density at radius 2 is 2.07 bits per heavy atom. The number of rotatable bonds is 1. The van der Waals surface area contributed by atoms with Crippen molar-refractivity contribution in [3.05, 3.63) is 15.3 Å². The van der Waals surface area contributed by atoms with Crippen LogP contribution in [-0.4, -0.2) is 11.3 Å². The first-order chi connectivity index (χ1) is 6.29. The molecule has 3 nitrogen and oxygen atoms in total. The average Bonchev–Trinajstić information content (AvgIpc) is 1.97. The van der Waals surface area contributed by atoms with Crippen LogP contribution in [0.4, 0.5) is 19.0 Å². The lowest BCUT2D eigenvalue weighted by atomic mass is 10.3. The third kappa shape index (κ3) is 2.89. The lowest BCUT2D eigenvalue weighted by Crippen LogP contribution is -2.18. The molecule has 0 aromatic carbocycles. The van der Waals surface area contributed by atoms with Crippen LogP contribution < -0.4 is 10.5 Å². The van der Waals surface area contributed by atoms with Crippen molar-refractivity contribution in [2.45, 2.75) is 13.3 Å². The number of halogens is 4. The normalized spacial score (nSPS) is 11.5. The number of aromatic nitrogens is 1. The quantitative estimate of drug-likeness (QED) is 0.639. The fourth-order valence-corrected chi connectivity index (χ4v) is 1.30. The van der Waals surface area contributed by atoms with E-state index < -0.39 is 6.36 Å². The highest BCUT2D eigenvalue weighted by molar-refractivity contribution is 14.1. The third-order valence-corrected chi connectivity index (χ3v) is 2.17. The van der Waals surface area contributed by atoms with Crippen LogP contribution in [0, 0.1) is 10.6 Å². The summed E-state index contributed by atoms with van der Waals surface area (Å²) in [6.45, 7) is 1.56. The Morgan fingerprint density at radius 3 is 2.57 bits per heavy atom. The zero-order valence-corrected chi connectivity index (χ0v) is 9.18. The molecule has 0 aliphatic rings. The van der Waals surface area contributed by atoms with Crippen LogP contribution in [0.15, 0.2) is 6.07 Å². The van der Waals surface area contributed by atoms with E-state index in [1.807, 2.05) is 0 Å². The molecule has 0 saturated heterocycles. The minimum Gasteiger partial charge on any atom is -0.403 e. The highest BCUT2D eigenvalue weighted by Crippen LogP contribution is 2.28. The molecular formula is C7H6F3IN2O. The fourth-order valence-electron chi connectivity index (χ4n) is 0.775. The number of nitrogens with zero attached hydrogens (tertiary/aromatic N) is 1. The summed E-state index contributed by atoms with van der Waals surface area (Å²) in [5, 5.41) is 0. The second-order valence-corrected chi connectivity index (χ2v) is 3.55.